The zero-order valence-electron chi connectivity index (χ0n) is 10.2. The highest BCUT2D eigenvalue weighted by molar-refractivity contribution is 6.30. The number of halogens is 1. The van der Waals surface area contributed by atoms with Crippen LogP contribution >= 0.6 is 11.6 Å². The largest absolute Gasteiger partial charge is 0.496 e. The molecule has 0 spiro atoms. The summed E-state index contributed by atoms with van der Waals surface area (Å²) in [5, 5.41) is 14.7. The predicted molar refractivity (Wildman–Crippen MR) is 67.7 cm³/mol. The topological polar surface area (TPSA) is 60.2 Å². The van der Waals surface area contributed by atoms with Gasteiger partial charge in [-0.1, -0.05) is 17.7 Å². The number of hydrogen-bond donors (Lipinski definition) is 1. The van der Waals surface area contributed by atoms with Gasteiger partial charge in [-0.3, -0.25) is 4.68 Å². The fourth-order valence-corrected chi connectivity index (χ4v) is 1.91. The molecule has 1 aromatic carbocycles. The number of aliphatic hydroxyl groups is 1. The second-order valence-corrected chi connectivity index (χ2v) is 4.34. The molecule has 2 rings (SSSR count). The highest BCUT2D eigenvalue weighted by Crippen LogP contribution is 2.29. The van der Waals surface area contributed by atoms with Gasteiger partial charge in [0.25, 0.3) is 0 Å². The fourth-order valence-electron chi connectivity index (χ4n) is 1.75. The second kappa shape index (κ2) is 5.37. The van der Waals surface area contributed by atoms with Crippen molar-refractivity contribution >= 4 is 11.6 Å². The number of ether oxygens (including phenoxy) is 1. The van der Waals surface area contributed by atoms with Crippen molar-refractivity contribution < 1.29 is 9.84 Å². The Morgan fingerprint density at radius 1 is 1.50 bits per heavy atom. The van der Waals surface area contributed by atoms with Crippen LogP contribution < -0.4 is 4.74 Å². The van der Waals surface area contributed by atoms with Crippen LogP contribution in [0.2, 0.25) is 5.02 Å². The average Bonchev–Trinajstić information content (AvgIpc) is 2.74. The van der Waals surface area contributed by atoms with E-state index in [1.165, 1.54) is 6.33 Å². The van der Waals surface area contributed by atoms with E-state index in [2.05, 4.69) is 10.1 Å². The molecule has 0 saturated carbocycles. The second-order valence-electron chi connectivity index (χ2n) is 3.91. The molecule has 1 aromatic heterocycles. The van der Waals surface area contributed by atoms with Crippen molar-refractivity contribution in [3.63, 3.8) is 0 Å². The van der Waals surface area contributed by atoms with Crippen molar-refractivity contribution in [2.45, 2.75) is 12.5 Å². The molecule has 18 heavy (non-hydrogen) atoms. The van der Waals surface area contributed by atoms with Crippen molar-refractivity contribution in [1.29, 1.82) is 0 Å². The maximum atomic E-state index is 10.2. The number of nitrogens with zero attached hydrogens (tertiary/aromatic N) is 3. The molecule has 1 N–H and O–H groups in total. The van der Waals surface area contributed by atoms with Crippen LogP contribution in [0.1, 0.15) is 17.5 Å². The Bertz CT molecular complexity index is 542. The van der Waals surface area contributed by atoms with Crippen LogP contribution in [0.15, 0.2) is 24.5 Å². The van der Waals surface area contributed by atoms with E-state index in [-0.39, 0.29) is 0 Å². The van der Waals surface area contributed by atoms with E-state index in [9.17, 15) is 5.11 Å². The van der Waals surface area contributed by atoms with Crippen LogP contribution in [0.25, 0.3) is 0 Å². The molecule has 1 atom stereocenters. The first-order valence-electron chi connectivity index (χ1n) is 5.46. The summed E-state index contributed by atoms with van der Waals surface area (Å²) >= 11 is 5.88. The molecule has 0 aliphatic heterocycles. The number of aromatic nitrogens is 3. The number of hydrogen-bond acceptors (Lipinski definition) is 4. The summed E-state index contributed by atoms with van der Waals surface area (Å²) in [5.41, 5.74) is 0.685. The SMILES string of the molecule is COc1cc(Cl)ccc1C(O)Cc1ncnn1C. The standard InChI is InChI=1S/C12H14ClN3O2/c1-16-12(14-7-15-16)6-10(17)9-4-3-8(13)5-11(9)18-2/h3-5,7,10,17H,6H2,1-2H3. The van der Waals surface area contributed by atoms with E-state index in [4.69, 9.17) is 16.3 Å². The molecular weight excluding hydrogens is 254 g/mol. The van der Waals surface area contributed by atoms with Crippen molar-refractivity contribution in [3.8, 4) is 5.75 Å². The Morgan fingerprint density at radius 2 is 2.28 bits per heavy atom. The van der Waals surface area contributed by atoms with Crippen molar-refractivity contribution in [2.75, 3.05) is 7.11 Å². The normalized spacial score (nSPS) is 12.4. The van der Waals surface area contributed by atoms with Crippen molar-refractivity contribution in [2.24, 2.45) is 7.05 Å². The molecular formula is C12H14ClN3O2. The Labute approximate surface area is 110 Å². The van der Waals surface area contributed by atoms with E-state index in [0.717, 1.165) is 0 Å². The van der Waals surface area contributed by atoms with E-state index >= 15 is 0 Å². The summed E-state index contributed by atoms with van der Waals surface area (Å²) < 4.78 is 6.84. The molecule has 0 fully saturated rings. The fraction of sp³-hybridized carbons (Fsp3) is 0.333. The van der Waals surface area contributed by atoms with Gasteiger partial charge in [-0.2, -0.15) is 5.10 Å². The first-order valence-corrected chi connectivity index (χ1v) is 5.84. The summed E-state index contributed by atoms with van der Waals surface area (Å²) in [5.74, 6) is 1.27. The molecule has 6 heteroatoms. The minimum atomic E-state index is -0.708. The highest BCUT2D eigenvalue weighted by atomic mass is 35.5. The van der Waals surface area contributed by atoms with E-state index in [1.807, 2.05) is 0 Å². The molecule has 0 amide bonds. The average molecular weight is 268 g/mol. The third kappa shape index (κ3) is 2.63. The molecule has 0 aliphatic rings. The quantitative estimate of drug-likeness (QED) is 0.917. The lowest BCUT2D eigenvalue weighted by atomic mass is 10.1. The number of rotatable bonds is 4. The highest BCUT2D eigenvalue weighted by Gasteiger charge is 2.16. The third-order valence-corrected chi connectivity index (χ3v) is 2.97. The van der Waals surface area contributed by atoms with Crippen molar-refractivity contribution in [1.82, 2.24) is 14.8 Å². The van der Waals surface area contributed by atoms with Gasteiger partial charge in [0.15, 0.2) is 0 Å². The van der Waals surface area contributed by atoms with Gasteiger partial charge in [-0.05, 0) is 12.1 Å². The molecule has 0 aliphatic carbocycles. The van der Waals surface area contributed by atoms with E-state index in [0.29, 0.717) is 28.6 Å². The molecule has 1 unspecified atom stereocenters. The summed E-state index contributed by atoms with van der Waals surface area (Å²) in [6.07, 6.45) is 1.12. The molecule has 0 radical (unpaired) electrons. The summed E-state index contributed by atoms with van der Waals surface area (Å²) in [6, 6.07) is 5.15. The van der Waals surface area contributed by atoms with Gasteiger partial charge >= 0.3 is 0 Å². The monoisotopic (exact) mass is 267 g/mol. The molecule has 5 nitrogen and oxygen atoms in total. The molecule has 0 saturated heterocycles. The van der Waals surface area contributed by atoms with Gasteiger partial charge in [0.05, 0.1) is 13.2 Å². The smallest absolute Gasteiger partial charge is 0.138 e. The summed E-state index contributed by atoms with van der Waals surface area (Å²) in [4.78, 5) is 4.08. The minimum absolute atomic E-state index is 0.370. The van der Waals surface area contributed by atoms with Crippen LogP contribution in [0.3, 0.4) is 0 Å². The number of aryl methyl sites for hydroxylation is 1. The summed E-state index contributed by atoms with van der Waals surface area (Å²) in [7, 11) is 3.33. The molecule has 2 aromatic rings. The zero-order valence-corrected chi connectivity index (χ0v) is 10.9. The van der Waals surface area contributed by atoms with Gasteiger partial charge in [-0.25, -0.2) is 4.98 Å². The van der Waals surface area contributed by atoms with Gasteiger partial charge < -0.3 is 9.84 Å². The van der Waals surface area contributed by atoms with Crippen LogP contribution in [0.5, 0.6) is 5.75 Å². The van der Waals surface area contributed by atoms with Gasteiger partial charge in [-0.15, -0.1) is 0 Å². The lowest BCUT2D eigenvalue weighted by molar-refractivity contribution is 0.170. The van der Waals surface area contributed by atoms with E-state index in [1.54, 1.807) is 37.0 Å². The molecule has 0 bridgehead atoms. The Balaban J connectivity index is 2.23. The van der Waals surface area contributed by atoms with Gasteiger partial charge in [0.2, 0.25) is 0 Å². The van der Waals surface area contributed by atoms with Crippen LogP contribution in [0, 0.1) is 0 Å². The van der Waals surface area contributed by atoms with Gasteiger partial charge in [0, 0.05) is 24.1 Å². The maximum Gasteiger partial charge on any atom is 0.138 e. The zero-order chi connectivity index (χ0) is 13.1. The first-order chi connectivity index (χ1) is 8.61. The minimum Gasteiger partial charge on any atom is -0.496 e. The predicted octanol–water partition coefficient (Wildman–Crippen LogP) is 1.75. The van der Waals surface area contributed by atoms with Crippen LogP contribution in [-0.4, -0.2) is 27.0 Å². The third-order valence-electron chi connectivity index (χ3n) is 2.74. The lowest BCUT2D eigenvalue weighted by Gasteiger charge is -2.14. The van der Waals surface area contributed by atoms with Crippen molar-refractivity contribution in [3.05, 3.63) is 40.9 Å². The van der Waals surface area contributed by atoms with Crippen LogP contribution in [0.4, 0.5) is 0 Å². The Kier molecular flexibility index (Phi) is 3.84. The maximum absolute atomic E-state index is 10.2. The van der Waals surface area contributed by atoms with E-state index < -0.39 is 6.10 Å². The Morgan fingerprint density at radius 3 is 2.89 bits per heavy atom. The molecule has 1 heterocycles. The number of methoxy groups -OCH3 is 1. The van der Waals surface area contributed by atoms with Gasteiger partial charge in [0.1, 0.15) is 17.9 Å². The first kappa shape index (κ1) is 12.9. The lowest BCUT2D eigenvalue weighted by Crippen LogP contribution is -2.08. The van der Waals surface area contributed by atoms with Crippen LogP contribution in [-0.2, 0) is 13.5 Å². The summed E-state index contributed by atoms with van der Waals surface area (Å²) in [6.45, 7) is 0. The number of benzene rings is 1. The Hall–Kier alpha value is -1.59. The molecule has 96 valence electrons. The number of aliphatic hydroxyl groups excluding tert-OH is 1.